The molecule has 0 aliphatic heterocycles. The average molecular weight is 272 g/mol. The van der Waals surface area contributed by atoms with Crippen molar-refractivity contribution >= 4 is 23.5 Å². The molecule has 0 saturated carbocycles. The summed E-state index contributed by atoms with van der Waals surface area (Å²) in [6, 6.07) is 7.64. The van der Waals surface area contributed by atoms with Gasteiger partial charge in [-0.2, -0.15) is 0 Å². The fourth-order valence-electron chi connectivity index (χ4n) is 1.54. The Morgan fingerprint density at radius 3 is 2.33 bits per heavy atom. The van der Waals surface area contributed by atoms with Gasteiger partial charge in [0.15, 0.2) is 6.04 Å². The van der Waals surface area contributed by atoms with Crippen LogP contribution in [-0.4, -0.2) is 45.5 Å². The van der Waals surface area contributed by atoms with Gasteiger partial charge in [-0.05, 0) is 5.56 Å². The van der Waals surface area contributed by atoms with Crippen molar-refractivity contribution in [2.75, 3.05) is 12.5 Å². The maximum absolute atomic E-state index is 11.6. The quantitative estimate of drug-likeness (QED) is 0.747. The minimum Gasteiger partial charge on any atom is -0.480 e. The number of rotatable bonds is 6. The number of carbonyl (C=O) groups is 2. The summed E-state index contributed by atoms with van der Waals surface area (Å²) in [7, 11) is 0. The van der Waals surface area contributed by atoms with Gasteiger partial charge in [0.25, 0.3) is 0 Å². The second kappa shape index (κ2) is 6.98. The number of hydrogen-bond donors (Lipinski definition) is 2. The number of alkyl halides is 1. The van der Waals surface area contributed by atoms with Crippen LogP contribution < -0.4 is 0 Å². The summed E-state index contributed by atoms with van der Waals surface area (Å²) in [5.74, 6) is -2.11. The van der Waals surface area contributed by atoms with E-state index < -0.39 is 24.5 Å². The Morgan fingerprint density at radius 1 is 1.28 bits per heavy atom. The number of benzene rings is 1. The fraction of sp³-hybridized carbons (Fsp3) is 0.333. The minimum absolute atomic E-state index is 0.101. The van der Waals surface area contributed by atoms with Crippen LogP contribution in [0.3, 0.4) is 0 Å². The molecule has 0 saturated heterocycles. The minimum atomic E-state index is -1.28. The van der Waals surface area contributed by atoms with Crippen molar-refractivity contribution in [1.29, 1.82) is 0 Å². The highest BCUT2D eigenvalue weighted by Gasteiger charge is 2.28. The number of aliphatic hydroxyl groups excluding tert-OH is 1. The molecule has 0 fully saturated rings. The largest absolute Gasteiger partial charge is 0.480 e. The third-order valence-corrected chi connectivity index (χ3v) is 2.69. The summed E-state index contributed by atoms with van der Waals surface area (Å²) in [4.78, 5) is 23.7. The van der Waals surface area contributed by atoms with E-state index in [4.69, 9.17) is 21.8 Å². The van der Waals surface area contributed by atoms with Gasteiger partial charge in [0.2, 0.25) is 5.91 Å². The van der Waals surface area contributed by atoms with E-state index in [1.54, 1.807) is 24.3 Å². The molecule has 1 rings (SSSR count). The lowest BCUT2D eigenvalue weighted by atomic mass is 10.1. The number of nitrogens with zero attached hydrogens (tertiary/aromatic N) is 1. The van der Waals surface area contributed by atoms with Gasteiger partial charge in [-0.15, -0.1) is 11.6 Å². The van der Waals surface area contributed by atoms with Gasteiger partial charge < -0.3 is 15.1 Å². The van der Waals surface area contributed by atoms with E-state index in [9.17, 15) is 9.59 Å². The molecule has 6 heteroatoms. The lowest BCUT2D eigenvalue weighted by molar-refractivity contribution is -0.151. The maximum atomic E-state index is 11.6. The second-order valence-electron chi connectivity index (χ2n) is 3.68. The van der Waals surface area contributed by atoms with Crippen LogP contribution in [0.15, 0.2) is 30.3 Å². The van der Waals surface area contributed by atoms with Crippen molar-refractivity contribution in [3.05, 3.63) is 35.9 Å². The topological polar surface area (TPSA) is 77.8 Å². The predicted molar refractivity (Wildman–Crippen MR) is 66.2 cm³/mol. The molecular weight excluding hydrogens is 258 g/mol. The van der Waals surface area contributed by atoms with Crippen LogP contribution >= 0.6 is 11.6 Å². The van der Waals surface area contributed by atoms with Crippen LogP contribution in [0.25, 0.3) is 0 Å². The summed E-state index contributed by atoms with van der Waals surface area (Å²) in [5, 5.41) is 18.0. The van der Waals surface area contributed by atoms with Crippen LogP contribution in [0.2, 0.25) is 0 Å². The number of halogens is 1. The molecular formula is C12H14ClNO4. The molecule has 5 nitrogen and oxygen atoms in total. The van der Waals surface area contributed by atoms with Crippen LogP contribution in [0.1, 0.15) is 5.56 Å². The van der Waals surface area contributed by atoms with Crippen molar-refractivity contribution in [2.45, 2.75) is 12.6 Å². The van der Waals surface area contributed by atoms with E-state index >= 15 is 0 Å². The molecule has 98 valence electrons. The molecule has 18 heavy (non-hydrogen) atoms. The molecule has 2 N–H and O–H groups in total. The molecule has 0 unspecified atom stereocenters. The van der Waals surface area contributed by atoms with E-state index in [2.05, 4.69) is 0 Å². The molecule has 0 heterocycles. The molecule has 0 radical (unpaired) electrons. The van der Waals surface area contributed by atoms with Crippen LogP contribution in [-0.2, 0) is 16.1 Å². The van der Waals surface area contributed by atoms with Gasteiger partial charge in [0.05, 0.1) is 6.61 Å². The van der Waals surface area contributed by atoms with E-state index in [0.717, 1.165) is 10.5 Å². The van der Waals surface area contributed by atoms with Crippen molar-refractivity contribution < 1.29 is 19.8 Å². The zero-order chi connectivity index (χ0) is 13.5. The molecule has 0 aliphatic rings. The van der Waals surface area contributed by atoms with E-state index in [1.165, 1.54) is 0 Å². The first-order valence-electron chi connectivity index (χ1n) is 5.33. The molecule has 1 amide bonds. The van der Waals surface area contributed by atoms with Gasteiger partial charge >= 0.3 is 5.97 Å². The molecule has 0 aliphatic carbocycles. The van der Waals surface area contributed by atoms with Crippen LogP contribution in [0.4, 0.5) is 0 Å². The molecule has 1 atom stereocenters. The Hall–Kier alpha value is -1.59. The van der Waals surface area contributed by atoms with Crippen molar-refractivity contribution in [2.24, 2.45) is 0 Å². The number of amides is 1. The lowest BCUT2D eigenvalue weighted by Crippen LogP contribution is -2.47. The Kier molecular flexibility index (Phi) is 5.61. The standard InChI is InChI=1S/C12H14ClNO4/c13-6-11(16)14(10(8-15)12(17)18)7-9-4-2-1-3-5-9/h1-5,10,15H,6-8H2,(H,17,18)/t10-/m1/s1. The first kappa shape index (κ1) is 14.5. The first-order chi connectivity index (χ1) is 8.60. The number of carboxylic acid groups (broad SMARTS) is 1. The van der Waals surface area contributed by atoms with Gasteiger partial charge in [0, 0.05) is 6.54 Å². The number of carbonyl (C=O) groups excluding carboxylic acids is 1. The van der Waals surface area contributed by atoms with Crippen LogP contribution in [0, 0.1) is 0 Å². The third-order valence-electron chi connectivity index (χ3n) is 2.46. The number of carboxylic acids is 1. The molecule has 1 aromatic rings. The van der Waals surface area contributed by atoms with Gasteiger partial charge in [0.1, 0.15) is 5.88 Å². The number of aliphatic hydroxyl groups is 1. The summed E-state index contributed by atoms with van der Waals surface area (Å²) >= 11 is 5.45. The van der Waals surface area contributed by atoms with Crippen molar-refractivity contribution in [3.63, 3.8) is 0 Å². The molecule has 0 bridgehead atoms. The van der Waals surface area contributed by atoms with Crippen LogP contribution in [0.5, 0.6) is 0 Å². The Bertz CT molecular complexity index is 410. The molecule has 0 aromatic heterocycles. The SMILES string of the molecule is O=C(O)[C@@H](CO)N(Cc1ccccc1)C(=O)CCl. The Morgan fingerprint density at radius 2 is 1.89 bits per heavy atom. The van der Waals surface area contributed by atoms with Gasteiger partial charge in [-0.25, -0.2) is 4.79 Å². The Balaban J connectivity index is 2.91. The van der Waals surface area contributed by atoms with E-state index in [1.807, 2.05) is 6.07 Å². The summed E-state index contributed by atoms with van der Waals surface area (Å²) < 4.78 is 0. The van der Waals surface area contributed by atoms with Crippen molar-refractivity contribution in [3.8, 4) is 0 Å². The monoisotopic (exact) mass is 271 g/mol. The third kappa shape index (κ3) is 3.72. The average Bonchev–Trinajstić information content (AvgIpc) is 2.38. The highest BCUT2D eigenvalue weighted by Crippen LogP contribution is 2.10. The predicted octanol–water partition coefficient (Wildman–Crippen LogP) is 0.699. The summed E-state index contributed by atoms with van der Waals surface area (Å²) in [6.45, 7) is -0.547. The fourth-order valence-corrected chi connectivity index (χ4v) is 1.69. The zero-order valence-corrected chi connectivity index (χ0v) is 10.4. The van der Waals surface area contributed by atoms with E-state index in [-0.39, 0.29) is 12.4 Å². The maximum Gasteiger partial charge on any atom is 0.328 e. The molecule has 1 aromatic carbocycles. The number of hydrogen-bond acceptors (Lipinski definition) is 3. The second-order valence-corrected chi connectivity index (χ2v) is 3.94. The van der Waals surface area contributed by atoms with Gasteiger partial charge in [-0.1, -0.05) is 30.3 Å². The summed E-state index contributed by atoms with van der Waals surface area (Å²) in [5.41, 5.74) is 0.774. The normalized spacial score (nSPS) is 11.9. The smallest absolute Gasteiger partial charge is 0.328 e. The highest BCUT2D eigenvalue weighted by atomic mass is 35.5. The lowest BCUT2D eigenvalue weighted by Gasteiger charge is -2.27. The van der Waals surface area contributed by atoms with Gasteiger partial charge in [-0.3, -0.25) is 4.79 Å². The first-order valence-corrected chi connectivity index (χ1v) is 5.86. The zero-order valence-electron chi connectivity index (χ0n) is 9.62. The van der Waals surface area contributed by atoms with E-state index in [0.29, 0.717) is 0 Å². The van der Waals surface area contributed by atoms with Crippen molar-refractivity contribution in [1.82, 2.24) is 4.90 Å². The summed E-state index contributed by atoms with van der Waals surface area (Å²) in [6.07, 6.45) is 0. The molecule has 0 spiro atoms. The highest BCUT2D eigenvalue weighted by molar-refractivity contribution is 6.27. The number of aliphatic carboxylic acids is 1. The Labute approximate surface area is 110 Å².